The van der Waals surface area contributed by atoms with Crippen molar-refractivity contribution in [1.82, 2.24) is 20.3 Å². The Morgan fingerprint density at radius 1 is 0.833 bits per heavy atom. The maximum atomic E-state index is 5.43. The Morgan fingerprint density at radius 2 is 1.53 bits per heavy atom. The number of thiocarbonyl (C=S) groups is 1. The highest BCUT2D eigenvalue weighted by atomic mass is 32.1. The molecule has 186 valence electrons. The number of fused-ring (bicyclic) bond motifs is 1. The van der Waals surface area contributed by atoms with Crippen molar-refractivity contribution in [3.05, 3.63) is 60.3 Å². The summed E-state index contributed by atoms with van der Waals surface area (Å²) in [5.41, 5.74) is 2.77. The van der Waals surface area contributed by atoms with Gasteiger partial charge in [-0.3, -0.25) is 0 Å². The number of methoxy groups -OCH3 is 4. The van der Waals surface area contributed by atoms with E-state index in [1.807, 2.05) is 30.3 Å². The van der Waals surface area contributed by atoms with Gasteiger partial charge in [-0.2, -0.15) is 0 Å². The van der Waals surface area contributed by atoms with Crippen LogP contribution < -0.4 is 34.9 Å². The standard InChI is InChI=1S/C25H26N6O4S/c1-32-18-8-6-5-7-15(18)13-27-25(36)31-21-10-9-17-24(29-21)30-22(14-26-17)28-16-11-19(33-2)23(35-4)20(12-16)34-3/h5-12,14H,13H2,1-4H3,(H3,27,28,29,30,31,36). The van der Waals surface area contributed by atoms with Gasteiger partial charge in [-0.15, -0.1) is 0 Å². The number of ether oxygens (including phenoxy) is 4. The van der Waals surface area contributed by atoms with Crippen LogP contribution in [0.5, 0.6) is 23.0 Å². The van der Waals surface area contributed by atoms with Gasteiger partial charge in [0, 0.05) is 29.9 Å². The van der Waals surface area contributed by atoms with Gasteiger partial charge >= 0.3 is 0 Å². The maximum absolute atomic E-state index is 5.43. The highest BCUT2D eigenvalue weighted by Gasteiger charge is 2.14. The molecule has 11 heteroatoms. The number of pyridine rings is 1. The van der Waals surface area contributed by atoms with E-state index >= 15 is 0 Å². The number of benzene rings is 2. The molecule has 3 N–H and O–H groups in total. The summed E-state index contributed by atoms with van der Waals surface area (Å²) in [6.45, 7) is 0.506. The fraction of sp³-hybridized carbons (Fsp3) is 0.200. The van der Waals surface area contributed by atoms with Crippen molar-refractivity contribution in [1.29, 1.82) is 0 Å². The van der Waals surface area contributed by atoms with Crippen molar-refractivity contribution in [3.8, 4) is 23.0 Å². The van der Waals surface area contributed by atoms with Crippen LogP contribution in [0.4, 0.5) is 17.3 Å². The predicted octanol–water partition coefficient (Wildman–Crippen LogP) is 4.29. The molecule has 0 amide bonds. The van der Waals surface area contributed by atoms with Crippen LogP contribution in [0.1, 0.15) is 5.56 Å². The van der Waals surface area contributed by atoms with Gasteiger partial charge in [0.1, 0.15) is 17.1 Å². The molecule has 2 heterocycles. The predicted molar refractivity (Wildman–Crippen MR) is 143 cm³/mol. The normalized spacial score (nSPS) is 10.4. The summed E-state index contributed by atoms with van der Waals surface area (Å²) in [5.74, 6) is 3.37. The average Bonchev–Trinajstić information content (AvgIpc) is 2.91. The van der Waals surface area contributed by atoms with Gasteiger partial charge in [0.25, 0.3) is 0 Å². The zero-order chi connectivity index (χ0) is 25.5. The van der Waals surface area contributed by atoms with Crippen molar-refractivity contribution in [2.75, 3.05) is 39.1 Å². The maximum Gasteiger partial charge on any atom is 0.203 e. The van der Waals surface area contributed by atoms with Crippen molar-refractivity contribution in [2.45, 2.75) is 6.54 Å². The highest BCUT2D eigenvalue weighted by molar-refractivity contribution is 7.80. The Kier molecular flexibility index (Phi) is 7.81. The summed E-state index contributed by atoms with van der Waals surface area (Å²) in [6.07, 6.45) is 1.62. The van der Waals surface area contributed by atoms with E-state index in [9.17, 15) is 0 Å². The Hall–Kier alpha value is -4.38. The molecule has 10 nitrogen and oxygen atoms in total. The number of hydrogen-bond donors (Lipinski definition) is 3. The molecule has 0 spiro atoms. The lowest BCUT2D eigenvalue weighted by molar-refractivity contribution is 0.324. The second-order valence-electron chi connectivity index (χ2n) is 7.45. The first-order valence-electron chi connectivity index (χ1n) is 10.9. The molecule has 0 fully saturated rings. The Labute approximate surface area is 214 Å². The van der Waals surface area contributed by atoms with E-state index in [0.717, 1.165) is 11.3 Å². The number of aromatic nitrogens is 3. The summed E-state index contributed by atoms with van der Waals surface area (Å²) in [5, 5.41) is 9.88. The van der Waals surface area contributed by atoms with Crippen LogP contribution in [0.15, 0.2) is 54.7 Å². The minimum Gasteiger partial charge on any atom is -0.496 e. The van der Waals surface area contributed by atoms with E-state index in [2.05, 4.69) is 30.9 Å². The van der Waals surface area contributed by atoms with Crippen LogP contribution in [-0.4, -0.2) is 48.5 Å². The molecule has 0 saturated heterocycles. The molecule has 0 atom stereocenters. The van der Waals surface area contributed by atoms with Crippen LogP contribution in [0.25, 0.3) is 11.2 Å². The Bertz CT molecular complexity index is 1360. The first kappa shape index (κ1) is 24.7. The number of anilines is 3. The Balaban J connectivity index is 1.48. The van der Waals surface area contributed by atoms with Crippen LogP contribution in [-0.2, 0) is 6.54 Å². The third-order valence-corrected chi connectivity index (χ3v) is 5.46. The van der Waals surface area contributed by atoms with Gasteiger partial charge < -0.3 is 34.9 Å². The molecule has 0 aliphatic rings. The lowest BCUT2D eigenvalue weighted by atomic mass is 10.2. The number of nitrogens with zero attached hydrogens (tertiary/aromatic N) is 3. The van der Waals surface area contributed by atoms with E-state index in [1.165, 1.54) is 0 Å². The molecule has 0 radical (unpaired) electrons. The van der Waals surface area contributed by atoms with Crippen LogP contribution in [0, 0.1) is 0 Å². The van der Waals surface area contributed by atoms with Crippen LogP contribution in [0.3, 0.4) is 0 Å². The quantitative estimate of drug-likeness (QED) is 0.283. The van der Waals surface area contributed by atoms with Gasteiger partial charge in [0.2, 0.25) is 5.75 Å². The van der Waals surface area contributed by atoms with Crippen molar-refractivity contribution in [2.24, 2.45) is 0 Å². The van der Waals surface area contributed by atoms with E-state index in [-0.39, 0.29) is 0 Å². The number of rotatable bonds is 9. The summed E-state index contributed by atoms with van der Waals surface area (Å²) in [6, 6.07) is 14.9. The molecule has 0 bridgehead atoms. The van der Waals surface area contributed by atoms with Crippen LogP contribution >= 0.6 is 12.2 Å². The molecule has 2 aromatic heterocycles. The molecule has 0 aliphatic carbocycles. The summed E-state index contributed by atoms with van der Waals surface area (Å²) >= 11 is 5.43. The van der Waals surface area contributed by atoms with Gasteiger partial charge in [0.15, 0.2) is 28.1 Å². The first-order valence-corrected chi connectivity index (χ1v) is 11.3. The summed E-state index contributed by atoms with van der Waals surface area (Å²) < 4.78 is 21.6. The van der Waals surface area contributed by atoms with Gasteiger partial charge in [-0.25, -0.2) is 15.0 Å². The molecule has 0 aliphatic heterocycles. The van der Waals surface area contributed by atoms with Gasteiger partial charge in [-0.1, -0.05) is 18.2 Å². The molecular formula is C25H26N6O4S. The number of para-hydroxylation sites is 1. The van der Waals surface area contributed by atoms with E-state index in [4.69, 9.17) is 31.2 Å². The minimum absolute atomic E-state index is 0.424. The lowest BCUT2D eigenvalue weighted by Gasteiger charge is -2.15. The molecular weight excluding hydrogens is 480 g/mol. The fourth-order valence-corrected chi connectivity index (χ4v) is 3.69. The second kappa shape index (κ2) is 11.4. The molecule has 2 aromatic carbocycles. The number of nitrogens with one attached hydrogen (secondary N) is 3. The zero-order valence-corrected chi connectivity index (χ0v) is 21.1. The smallest absolute Gasteiger partial charge is 0.203 e. The molecule has 36 heavy (non-hydrogen) atoms. The average molecular weight is 507 g/mol. The molecule has 0 unspecified atom stereocenters. The minimum atomic E-state index is 0.424. The van der Waals surface area contributed by atoms with Crippen molar-refractivity contribution < 1.29 is 18.9 Å². The third-order valence-electron chi connectivity index (χ3n) is 5.22. The monoisotopic (exact) mass is 506 g/mol. The topological polar surface area (TPSA) is 112 Å². The van der Waals surface area contributed by atoms with E-state index in [0.29, 0.717) is 57.4 Å². The van der Waals surface area contributed by atoms with Crippen molar-refractivity contribution >= 4 is 45.8 Å². The fourth-order valence-electron chi connectivity index (χ4n) is 3.51. The summed E-state index contributed by atoms with van der Waals surface area (Å²) in [4.78, 5) is 13.6. The lowest BCUT2D eigenvalue weighted by Crippen LogP contribution is -2.28. The van der Waals surface area contributed by atoms with Crippen molar-refractivity contribution in [3.63, 3.8) is 0 Å². The van der Waals surface area contributed by atoms with Gasteiger partial charge in [-0.05, 0) is 30.4 Å². The summed E-state index contributed by atoms with van der Waals surface area (Å²) in [7, 11) is 6.31. The highest BCUT2D eigenvalue weighted by Crippen LogP contribution is 2.40. The van der Waals surface area contributed by atoms with E-state index in [1.54, 1.807) is 52.8 Å². The Morgan fingerprint density at radius 3 is 2.22 bits per heavy atom. The first-order chi connectivity index (χ1) is 17.5. The van der Waals surface area contributed by atoms with Crippen LogP contribution in [0.2, 0.25) is 0 Å². The molecule has 4 rings (SSSR count). The molecule has 0 saturated carbocycles. The van der Waals surface area contributed by atoms with Gasteiger partial charge in [0.05, 0.1) is 34.6 Å². The molecule has 4 aromatic rings. The largest absolute Gasteiger partial charge is 0.496 e. The second-order valence-corrected chi connectivity index (χ2v) is 7.86. The van der Waals surface area contributed by atoms with E-state index < -0.39 is 0 Å². The SMILES string of the molecule is COc1ccccc1CNC(=S)Nc1ccc2ncc(Nc3cc(OC)c(OC)c(OC)c3)nc2n1. The number of hydrogen-bond acceptors (Lipinski definition) is 9. The third kappa shape index (κ3) is 5.63. The zero-order valence-electron chi connectivity index (χ0n) is 20.3.